The average molecular weight is 573 g/mol. The molecule has 3 heterocycles. The molecule has 0 saturated heterocycles. The molecule has 2 aromatic carbocycles. The number of aromatic nitrogens is 4. The summed E-state index contributed by atoms with van der Waals surface area (Å²) < 4.78 is 6.50. The van der Waals surface area contributed by atoms with Gasteiger partial charge in [-0.15, -0.1) is 11.3 Å². The van der Waals surface area contributed by atoms with Gasteiger partial charge in [0.05, 0.1) is 34.9 Å². The molecule has 41 heavy (non-hydrogen) atoms. The number of carbonyl (C=O) groups is 2. The van der Waals surface area contributed by atoms with Crippen molar-refractivity contribution in [3.05, 3.63) is 99.4 Å². The third-order valence-corrected chi connectivity index (χ3v) is 7.36. The van der Waals surface area contributed by atoms with E-state index in [1.807, 2.05) is 66.7 Å². The Morgan fingerprint density at radius 1 is 1.07 bits per heavy atom. The van der Waals surface area contributed by atoms with Gasteiger partial charge in [0.25, 0.3) is 0 Å². The molecule has 3 aromatic heterocycles. The minimum absolute atomic E-state index is 0.0391. The summed E-state index contributed by atoms with van der Waals surface area (Å²) in [6.07, 6.45) is 0.435. The number of anilines is 1. The fraction of sp³-hybridized carbons (Fsp3) is 0.207. The summed E-state index contributed by atoms with van der Waals surface area (Å²) in [5.74, 6) is 0.107. The smallest absolute Gasteiger partial charge is 0.407 e. The topological polar surface area (TPSA) is 151 Å². The number of thiophene rings is 1. The van der Waals surface area contributed by atoms with E-state index in [0.717, 1.165) is 32.2 Å². The number of carbonyl (C=O) groups excluding carboxylic acids is 1. The van der Waals surface area contributed by atoms with Crippen LogP contribution in [0.5, 0.6) is 0 Å². The Labute approximate surface area is 238 Å². The quantitative estimate of drug-likeness (QED) is 0.180. The minimum atomic E-state index is -1.12. The number of H-pyrrole nitrogens is 1. The van der Waals surface area contributed by atoms with Gasteiger partial charge in [0.2, 0.25) is 0 Å². The molecule has 0 fully saturated rings. The van der Waals surface area contributed by atoms with Crippen molar-refractivity contribution >= 4 is 40.3 Å². The molecule has 1 atom stereocenters. The number of imidazole rings is 1. The number of rotatable bonds is 11. The molecule has 0 aliphatic heterocycles. The molecule has 0 aliphatic rings. The van der Waals surface area contributed by atoms with Crippen LogP contribution in [0.15, 0.2) is 77.7 Å². The van der Waals surface area contributed by atoms with Crippen molar-refractivity contribution in [3.8, 4) is 10.7 Å². The van der Waals surface area contributed by atoms with E-state index in [-0.39, 0.29) is 13.2 Å². The largest absolute Gasteiger partial charge is 0.481 e. The Balaban J connectivity index is 1.21. The number of ether oxygens (including phenoxy) is 1. The molecule has 12 heteroatoms. The third kappa shape index (κ3) is 7.17. The first-order chi connectivity index (χ1) is 19.8. The number of hydrogen-bond donors (Lipinski definition) is 4. The number of para-hydroxylation sites is 2. The van der Waals surface area contributed by atoms with E-state index < -0.39 is 30.2 Å². The van der Waals surface area contributed by atoms with Crippen molar-refractivity contribution in [2.75, 3.05) is 5.32 Å². The highest BCUT2D eigenvalue weighted by Crippen LogP contribution is 2.28. The first-order valence-electron chi connectivity index (χ1n) is 12.9. The number of aromatic amines is 1. The number of alkyl carbamates (subject to hydrolysis) is 1. The van der Waals surface area contributed by atoms with Crippen molar-refractivity contribution < 1.29 is 19.4 Å². The van der Waals surface area contributed by atoms with Gasteiger partial charge in [-0.25, -0.2) is 14.6 Å². The first-order valence-corrected chi connectivity index (χ1v) is 13.7. The molecule has 0 radical (unpaired) electrons. The molecule has 1 amide bonds. The molecule has 5 aromatic rings. The number of fused-ring (bicyclic) bond motifs is 1. The molecule has 11 nitrogen and oxygen atoms in total. The lowest BCUT2D eigenvalue weighted by Gasteiger charge is -2.19. The van der Waals surface area contributed by atoms with E-state index in [1.165, 1.54) is 4.57 Å². The molecular formula is C29H28N6O5S. The number of carboxylic acids is 1. The van der Waals surface area contributed by atoms with Crippen molar-refractivity contribution in [2.45, 2.75) is 39.1 Å². The summed E-state index contributed by atoms with van der Waals surface area (Å²) >= 11 is 1.58. The summed E-state index contributed by atoms with van der Waals surface area (Å²) in [7, 11) is 0. The minimum Gasteiger partial charge on any atom is -0.481 e. The number of aryl methyl sites for hydroxylation is 1. The Kier molecular flexibility index (Phi) is 8.39. The normalized spacial score (nSPS) is 11.7. The van der Waals surface area contributed by atoms with Gasteiger partial charge in [-0.3, -0.25) is 9.36 Å². The lowest BCUT2D eigenvalue weighted by atomic mass is 10.2. The summed E-state index contributed by atoms with van der Waals surface area (Å²) in [5, 5.41) is 15.1. The lowest BCUT2D eigenvalue weighted by molar-refractivity contribution is -0.137. The average Bonchev–Trinajstić information content (AvgIpc) is 3.60. The van der Waals surface area contributed by atoms with Crippen molar-refractivity contribution in [2.24, 2.45) is 0 Å². The summed E-state index contributed by atoms with van der Waals surface area (Å²) in [5.41, 5.74) is 2.80. The molecule has 1 unspecified atom stereocenters. The van der Waals surface area contributed by atoms with Crippen molar-refractivity contribution in [3.63, 3.8) is 0 Å². The van der Waals surface area contributed by atoms with Crippen molar-refractivity contribution in [1.29, 1.82) is 0 Å². The van der Waals surface area contributed by atoms with Crippen LogP contribution < -0.4 is 16.3 Å². The molecule has 0 bridgehead atoms. The van der Waals surface area contributed by atoms with Crippen LogP contribution in [0.3, 0.4) is 0 Å². The second-order valence-electron chi connectivity index (χ2n) is 9.43. The fourth-order valence-electron chi connectivity index (χ4n) is 4.29. The Bertz CT molecular complexity index is 1700. The zero-order valence-corrected chi connectivity index (χ0v) is 23.0. The monoisotopic (exact) mass is 572 g/mol. The molecule has 4 N–H and O–H groups in total. The van der Waals surface area contributed by atoms with Crippen LogP contribution in [0.1, 0.15) is 22.4 Å². The highest BCUT2D eigenvalue weighted by atomic mass is 32.1. The molecule has 0 saturated carbocycles. The fourth-order valence-corrected chi connectivity index (χ4v) is 5.18. The highest BCUT2D eigenvalue weighted by Gasteiger charge is 2.19. The van der Waals surface area contributed by atoms with E-state index in [9.17, 15) is 19.5 Å². The highest BCUT2D eigenvalue weighted by molar-refractivity contribution is 7.15. The van der Waals surface area contributed by atoms with E-state index >= 15 is 0 Å². The zero-order valence-electron chi connectivity index (χ0n) is 22.2. The maximum atomic E-state index is 12.8. The Hall–Kier alpha value is -4.97. The van der Waals surface area contributed by atoms with E-state index in [1.54, 1.807) is 24.5 Å². The van der Waals surface area contributed by atoms with E-state index in [4.69, 9.17) is 4.74 Å². The second-order valence-corrected chi connectivity index (χ2v) is 10.6. The van der Waals surface area contributed by atoms with Gasteiger partial charge in [0, 0.05) is 23.2 Å². The van der Waals surface area contributed by atoms with Crippen LogP contribution in [0.2, 0.25) is 0 Å². The van der Waals surface area contributed by atoms with Crippen LogP contribution >= 0.6 is 11.3 Å². The van der Waals surface area contributed by atoms with Gasteiger partial charge >= 0.3 is 17.8 Å². The Morgan fingerprint density at radius 2 is 1.85 bits per heavy atom. The SMILES string of the molecule is Cc1cn(CC(CC(=O)O)NC(=O)OCc2ccccc2)c(=O)nc1NCc1ccc(-c2nc3ccccc3[nH]2)s1. The molecule has 5 rings (SSSR count). The predicted molar refractivity (Wildman–Crippen MR) is 156 cm³/mol. The third-order valence-electron chi connectivity index (χ3n) is 6.26. The van der Waals surface area contributed by atoms with Crippen LogP contribution in [-0.2, 0) is 29.2 Å². The van der Waals surface area contributed by atoms with Crippen LogP contribution in [0, 0.1) is 6.92 Å². The van der Waals surface area contributed by atoms with Crippen LogP contribution in [0.4, 0.5) is 10.6 Å². The van der Waals surface area contributed by atoms with E-state index in [0.29, 0.717) is 17.9 Å². The summed E-state index contributed by atoms with van der Waals surface area (Å²) in [6, 6.07) is 20.1. The number of hydrogen-bond acceptors (Lipinski definition) is 8. The molecule has 0 aliphatic carbocycles. The number of amides is 1. The standard InChI is InChI=1S/C29H28N6O5S/c1-18-15-35(16-20(13-25(36)37)31-29(39)40-17-19-7-3-2-4-8-19)28(38)34-26(18)30-14-21-11-12-24(41-21)27-32-22-9-5-6-10-23(22)33-27/h2-12,15,20H,13-14,16-17H2,1H3,(H,31,39)(H,32,33)(H,36,37)(H,30,34,38). The number of carboxylic acid groups (broad SMARTS) is 1. The van der Waals surface area contributed by atoms with Crippen LogP contribution in [0.25, 0.3) is 21.7 Å². The second kappa shape index (κ2) is 12.5. The van der Waals surface area contributed by atoms with Gasteiger partial charge < -0.3 is 25.5 Å². The van der Waals surface area contributed by atoms with Gasteiger partial charge in [0.1, 0.15) is 18.2 Å². The van der Waals surface area contributed by atoms with Crippen molar-refractivity contribution in [1.82, 2.24) is 24.8 Å². The Morgan fingerprint density at radius 3 is 2.63 bits per heavy atom. The van der Waals surface area contributed by atoms with Gasteiger partial charge in [-0.2, -0.15) is 4.98 Å². The maximum absolute atomic E-state index is 12.8. The lowest BCUT2D eigenvalue weighted by Crippen LogP contribution is -2.42. The summed E-state index contributed by atoms with van der Waals surface area (Å²) in [6.45, 7) is 2.22. The van der Waals surface area contributed by atoms with Gasteiger partial charge in [-0.1, -0.05) is 42.5 Å². The number of aliphatic carboxylic acids is 1. The van der Waals surface area contributed by atoms with E-state index in [2.05, 4.69) is 25.6 Å². The van der Waals surface area contributed by atoms with Gasteiger partial charge in [-0.05, 0) is 36.8 Å². The summed E-state index contributed by atoms with van der Waals surface area (Å²) in [4.78, 5) is 50.7. The number of nitrogens with zero attached hydrogens (tertiary/aromatic N) is 3. The maximum Gasteiger partial charge on any atom is 0.407 e. The zero-order chi connectivity index (χ0) is 28.8. The van der Waals surface area contributed by atoms with Gasteiger partial charge in [0.15, 0.2) is 0 Å². The number of benzene rings is 2. The predicted octanol–water partition coefficient (Wildman–Crippen LogP) is 4.54. The van der Waals surface area contributed by atoms with Crippen LogP contribution in [-0.4, -0.2) is 42.7 Å². The first kappa shape index (κ1) is 27.6. The number of nitrogens with one attached hydrogen (secondary N) is 3. The molecule has 210 valence electrons. The molecule has 0 spiro atoms. The molecular weight excluding hydrogens is 544 g/mol.